The number of aromatic nitrogens is 4. The maximum atomic E-state index is 13.1. The second-order valence-corrected chi connectivity index (χ2v) is 8.41. The van der Waals surface area contributed by atoms with Gasteiger partial charge < -0.3 is 10.1 Å². The van der Waals surface area contributed by atoms with Crippen molar-refractivity contribution in [2.45, 2.75) is 39.7 Å². The molecule has 1 N–H and O–H groups in total. The average Bonchev–Trinajstić information content (AvgIpc) is 2.73. The highest BCUT2D eigenvalue weighted by Crippen LogP contribution is 2.40. The summed E-state index contributed by atoms with van der Waals surface area (Å²) in [6.45, 7) is 6.30. The molecule has 154 valence electrons. The zero-order chi connectivity index (χ0) is 21.3. The summed E-state index contributed by atoms with van der Waals surface area (Å²) in [7, 11) is 1.58. The maximum Gasteiger partial charge on any atom is 0.255 e. The SMILES string of the molecule is COc1c(C)cccc1C(=O)N[C@H]1CC(C)(C)Cc2nc(-c3cnccn3)ncc21. The van der Waals surface area contributed by atoms with Crippen molar-refractivity contribution in [1.29, 1.82) is 0 Å². The van der Waals surface area contributed by atoms with E-state index >= 15 is 0 Å². The number of carbonyl (C=O) groups excluding carboxylic acids is 1. The summed E-state index contributed by atoms with van der Waals surface area (Å²) in [4.78, 5) is 30.8. The number of carbonyl (C=O) groups is 1. The van der Waals surface area contributed by atoms with E-state index < -0.39 is 0 Å². The Labute approximate surface area is 176 Å². The van der Waals surface area contributed by atoms with Crippen LogP contribution in [0.2, 0.25) is 0 Å². The van der Waals surface area contributed by atoms with Gasteiger partial charge in [-0.1, -0.05) is 26.0 Å². The first-order chi connectivity index (χ1) is 14.4. The van der Waals surface area contributed by atoms with E-state index in [4.69, 9.17) is 9.72 Å². The van der Waals surface area contributed by atoms with Crippen molar-refractivity contribution < 1.29 is 9.53 Å². The lowest BCUT2D eigenvalue weighted by molar-refractivity contribution is 0.0915. The van der Waals surface area contributed by atoms with Crippen LogP contribution in [0.25, 0.3) is 11.5 Å². The van der Waals surface area contributed by atoms with Gasteiger partial charge in [0.15, 0.2) is 5.82 Å². The number of fused-ring (bicyclic) bond motifs is 1. The second-order valence-electron chi connectivity index (χ2n) is 8.41. The monoisotopic (exact) mass is 403 g/mol. The first-order valence-electron chi connectivity index (χ1n) is 9.94. The lowest BCUT2D eigenvalue weighted by Crippen LogP contribution is -2.37. The second kappa shape index (κ2) is 7.82. The molecule has 1 aromatic carbocycles. The molecule has 3 aromatic rings. The number of rotatable bonds is 4. The van der Waals surface area contributed by atoms with E-state index in [0.717, 1.165) is 29.7 Å². The standard InChI is InChI=1S/C23H25N5O2/c1-14-6-5-7-15(20(14)30-4)22(29)28-18-11-23(2,3)10-17-16(18)12-26-21(27-17)19-13-24-8-9-25-19/h5-9,12-13,18H,10-11H2,1-4H3,(H,28,29)/t18-/m0/s1. The smallest absolute Gasteiger partial charge is 0.255 e. The molecular weight excluding hydrogens is 378 g/mol. The number of benzene rings is 1. The molecule has 0 saturated heterocycles. The van der Waals surface area contributed by atoms with Crippen molar-refractivity contribution in [3.63, 3.8) is 0 Å². The van der Waals surface area contributed by atoms with Crippen LogP contribution in [0.15, 0.2) is 43.0 Å². The predicted molar refractivity (Wildman–Crippen MR) is 113 cm³/mol. The number of amides is 1. The molecule has 2 aromatic heterocycles. The van der Waals surface area contributed by atoms with Crippen molar-refractivity contribution >= 4 is 5.91 Å². The van der Waals surface area contributed by atoms with Gasteiger partial charge in [0.2, 0.25) is 0 Å². The summed E-state index contributed by atoms with van der Waals surface area (Å²) in [5.41, 5.74) is 3.94. The highest BCUT2D eigenvalue weighted by atomic mass is 16.5. The van der Waals surface area contributed by atoms with Crippen LogP contribution in [0.5, 0.6) is 5.75 Å². The zero-order valence-corrected chi connectivity index (χ0v) is 17.6. The molecule has 0 bridgehead atoms. The number of hydrogen-bond donors (Lipinski definition) is 1. The number of ether oxygens (including phenoxy) is 1. The maximum absolute atomic E-state index is 13.1. The topological polar surface area (TPSA) is 89.9 Å². The number of nitrogens with one attached hydrogen (secondary N) is 1. The molecule has 2 heterocycles. The Morgan fingerprint density at radius 3 is 2.77 bits per heavy atom. The molecule has 30 heavy (non-hydrogen) atoms. The van der Waals surface area contributed by atoms with Gasteiger partial charge in [0.05, 0.1) is 30.6 Å². The fraction of sp³-hybridized carbons (Fsp3) is 0.348. The quantitative estimate of drug-likeness (QED) is 0.714. The first-order valence-corrected chi connectivity index (χ1v) is 9.94. The highest BCUT2D eigenvalue weighted by Gasteiger charge is 2.35. The number of aryl methyl sites for hydroxylation is 1. The van der Waals surface area contributed by atoms with Gasteiger partial charge in [0.1, 0.15) is 11.4 Å². The van der Waals surface area contributed by atoms with Gasteiger partial charge in [-0.2, -0.15) is 0 Å². The number of hydrogen-bond acceptors (Lipinski definition) is 6. The molecule has 7 nitrogen and oxygen atoms in total. The van der Waals surface area contributed by atoms with Gasteiger partial charge in [-0.15, -0.1) is 0 Å². The van der Waals surface area contributed by atoms with Crippen LogP contribution in [-0.2, 0) is 6.42 Å². The Morgan fingerprint density at radius 2 is 2.03 bits per heavy atom. The van der Waals surface area contributed by atoms with Crippen molar-refractivity contribution in [1.82, 2.24) is 25.3 Å². The molecule has 1 amide bonds. The molecule has 0 radical (unpaired) electrons. The van der Waals surface area contributed by atoms with E-state index in [1.165, 1.54) is 0 Å². The number of methoxy groups -OCH3 is 1. The third-order valence-electron chi connectivity index (χ3n) is 5.44. The van der Waals surface area contributed by atoms with E-state index in [9.17, 15) is 4.79 Å². The van der Waals surface area contributed by atoms with Crippen LogP contribution in [0, 0.1) is 12.3 Å². The Balaban J connectivity index is 1.67. The summed E-state index contributed by atoms with van der Waals surface area (Å²) in [5, 5.41) is 3.18. The van der Waals surface area contributed by atoms with E-state index in [2.05, 4.69) is 34.1 Å². The molecule has 1 atom stereocenters. The summed E-state index contributed by atoms with van der Waals surface area (Å²) >= 11 is 0. The Bertz CT molecular complexity index is 1080. The van der Waals surface area contributed by atoms with Gasteiger partial charge in [-0.25, -0.2) is 15.0 Å². The van der Waals surface area contributed by atoms with Gasteiger partial charge >= 0.3 is 0 Å². The van der Waals surface area contributed by atoms with Crippen LogP contribution in [0.1, 0.15) is 53.5 Å². The van der Waals surface area contributed by atoms with Crippen LogP contribution >= 0.6 is 0 Å². The molecule has 0 spiro atoms. The molecule has 4 rings (SSSR count). The molecule has 1 aliphatic rings. The minimum absolute atomic E-state index is 0.0182. The normalized spacial score (nSPS) is 17.1. The number of para-hydroxylation sites is 1. The Hall–Kier alpha value is -3.35. The van der Waals surface area contributed by atoms with Gasteiger partial charge in [-0.3, -0.25) is 9.78 Å². The molecular formula is C23H25N5O2. The highest BCUT2D eigenvalue weighted by molar-refractivity contribution is 5.97. The van der Waals surface area contributed by atoms with Gasteiger partial charge in [0.25, 0.3) is 5.91 Å². The fourth-order valence-electron chi connectivity index (χ4n) is 4.05. The lowest BCUT2D eigenvalue weighted by Gasteiger charge is -2.36. The largest absolute Gasteiger partial charge is 0.496 e. The zero-order valence-electron chi connectivity index (χ0n) is 17.6. The van der Waals surface area contributed by atoms with Crippen molar-refractivity contribution in [2.75, 3.05) is 7.11 Å². The van der Waals surface area contributed by atoms with Gasteiger partial charge in [0, 0.05) is 24.2 Å². The summed E-state index contributed by atoms with van der Waals surface area (Å²) in [6.07, 6.45) is 8.31. The predicted octanol–water partition coefficient (Wildman–Crippen LogP) is 3.69. The third-order valence-corrected chi connectivity index (χ3v) is 5.44. The molecule has 0 unspecified atom stereocenters. The molecule has 0 saturated carbocycles. The van der Waals surface area contributed by atoms with Crippen LogP contribution in [0.3, 0.4) is 0 Å². The average molecular weight is 403 g/mol. The molecule has 1 aliphatic carbocycles. The molecule has 0 aliphatic heterocycles. The third kappa shape index (κ3) is 3.87. The van der Waals surface area contributed by atoms with Crippen LogP contribution in [-0.4, -0.2) is 33.0 Å². The van der Waals surface area contributed by atoms with Gasteiger partial charge in [-0.05, 0) is 36.8 Å². The number of nitrogens with zero attached hydrogens (tertiary/aromatic N) is 4. The Kier molecular flexibility index (Phi) is 5.20. The lowest BCUT2D eigenvalue weighted by atomic mass is 9.74. The summed E-state index contributed by atoms with van der Waals surface area (Å²) in [6, 6.07) is 5.39. The van der Waals surface area contributed by atoms with Crippen molar-refractivity contribution in [3.05, 3.63) is 65.4 Å². The fourth-order valence-corrected chi connectivity index (χ4v) is 4.05. The van der Waals surface area contributed by atoms with Crippen LogP contribution < -0.4 is 10.1 Å². The Morgan fingerprint density at radius 1 is 1.20 bits per heavy atom. The van der Waals surface area contributed by atoms with E-state index in [-0.39, 0.29) is 17.4 Å². The summed E-state index contributed by atoms with van der Waals surface area (Å²) in [5.74, 6) is 0.978. The first kappa shape index (κ1) is 19.9. The van der Waals surface area contributed by atoms with Crippen molar-refractivity contribution in [2.24, 2.45) is 5.41 Å². The van der Waals surface area contributed by atoms with Crippen molar-refractivity contribution in [3.8, 4) is 17.3 Å². The molecule has 0 fully saturated rings. The van der Waals surface area contributed by atoms with E-state index in [1.807, 2.05) is 19.1 Å². The minimum Gasteiger partial charge on any atom is -0.496 e. The van der Waals surface area contributed by atoms with E-state index in [0.29, 0.717) is 22.8 Å². The van der Waals surface area contributed by atoms with Crippen LogP contribution in [0.4, 0.5) is 0 Å². The molecule has 7 heteroatoms. The summed E-state index contributed by atoms with van der Waals surface area (Å²) < 4.78 is 5.46. The minimum atomic E-state index is -0.183. The van der Waals surface area contributed by atoms with E-state index in [1.54, 1.807) is 38.0 Å².